The number of para-hydroxylation sites is 1. The summed E-state index contributed by atoms with van der Waals surface area (Å²) in [6.07, 6.45) is 3.70. The van der Waals surface area contributed by atoms with E-state index in [9.17, 15) is 4.79 Å². The summed E-state index contributed by atoms with van der Waals surface area (Å²) >= 11 is 0. The highest BCUT2D eigenvalue weighted by Gasteiger charge is 2.36. The number of nitrogens with one attached hydrogen (secondary N) is 1. The lowest BCUT2D eigenvalue weighted by Crippen LogP contribution is -2.41. The molecule has 1 N–H and O–H groups in total. The van der Waals surface area contributed by atoms with E-state index in [1.54, 1.807) is 4.90 Å². The molecule has 3 nitrogen and oxygen atoms in total. The Hall–Kier alpha value is -1.35. The lowest BCUT2D eigenvalue weighted by molar-refractivity contribution is -0.120. The summed E-state index contributed by atoms with van der Waals surface area (Å²) in [5.41, 5.74) is 2.17. The zero-order valence-corrected chi connectivity index (χ0v) is 9.44. The average molecular weight is 216 g/mol. The Bertz CT molecular complexity index is 426. The number of anilines is 1. The van der Waals surface area contributed by atoms with Gasteiger partial charge in [0.15, 0.2) is 0 Å². The van der Waals surface area contributed by atoms with E-state index in [0.717, 1.165) is 11.3 Å². The third kappa shape index (κ3) is 1.35. The molecule has 1 saturated carbocycles. The number of rotatable bonds is 2. The van der Waals surface area contributed by atoms with Gasteiger partial charge in [-0.3, -0.25) is 10.1 Å². The highest BCUT2D eigenvalue weighted by molar-refractivity contribution is 6.04. The monoisotopic (exact) mass is 216 g/mol. The van der Waals surface area contributed by atoms with Crippen molar-refractivity contribution in [2.24, 2.45) is 0 Å². The second-order valence-electron chi connectivity index (χ2n) is 4.68. The molecule has 0 aromatic heterocycles. The van der Waals surface area contributed by atoms with Gasteiger partial charge in [0, 0.05) is 24.3 Å². The highest BCUT2D eigenvalue weighted by Crippen LogP contribution is 2.36. The number of hydrogen-bond acceptors (Lipinski definition) is 2. The SMILES string of the molecule is CN1C(=O)C(NC2CCC2)c2ccccc21. The summed E-state index contributed by atoms with van der Waals surface area (Å²) in [6.45, 7) is 0. The van der Waals surface area contributed by atoms with Gasteiger partial charge in [-0.25, -0.2) is 0 Å². The van der Waals surface area contributed by atoms with Crippen LogP contribution in [0.3, 0.4) is 0 Å². The number of carbonyl (C=O) groups excluding carboxylic acids is 1. The largest absolute Gasteiger partial charge is 0.313 e. The maximum atomic E-state index is 12.1. The van der Waals surface area contributed by atoms with Crippen molar-refractivity contribution in [3.8, 4) is 0 Å². The van der Waals surface area contributed by atoms with Crippen LogP contribution in [-0.2, 0) is 4.79 Å². The van der Waals surface area contributed by atoms with Crippen LogP contribution < -0.4 is 10.2 Å². The van der Waals surface area contributed by atoms with Crippen LogP contribution in [0.1, 0.15) is 30.9 Å². The zero-order valence-electron chi connectivity index (χ0n) is 9.44. The quantitative estimate of drug-likeness (QED) is 0.818. The second kappa shape index (κ2) is 3.59. The lowest BCUT2D eigenvalue weighted by Gasteiger charge is -2.29. The molecule has 1 unspecified atom stereocenters. The molecule has 0 radical (unpaired) electrons. The Morgan fingerprint density at radius 1 is 1.31 bits per heavy atom. The van der Waals surface area contributed by atoms with Crippen LogP contribution in [0.25, 0.3) is 0 Å². The molecule has 1 aromatic carbocycles. The van der Waals surface area contributed by atoms with Crippen molar-refractivity contribution >= 4 is 11.6 Å². The Labute approximate surface area is 95.4 Å². The average Bonchev–Trinajstić information content (AvgIpc) is 2.48. The van der Waals surface area contributed by atoms with E-state index < -0.39 is 0 Å². The third-order valence-corrected chi connectivity index (χ3v) is 3.69. The fourth-order valence-corrected chi connectivity index (χ4v) is 2.45. The maximum absolute atomic E-state index is 12.1. The molecule has 16 heavy (non-hydrogen) atoms. The minimum atomic E-state index is -0.119. The van der Waals surface area contributed by atoms with Crippen molar-refractivity contribution in [3.05, 3.63) is 29.8 Å². The molecule has 3 rings (SSSR count). The Morgan fingerprint density at radius 2 is 2.06 bits per heavy atom. The van der Waals surface area contributed by atoms with Crippen LogP contribution >= 0.6 is 0 Å². The number of nitrogens with zero attached hydrogens (tertiary/aromatic N) is 1. The van der Waals surface area contributed by atoms with Crippen LogP contribution in [0, 0.1) is 0 Å². The minimum absolute atomic E-state index is 0.119. The number of hydrogen-bond donors (Lipinski definition) is 1. The Morgan fingerprint density at radius 3 is 2.75 bits per heavy atom. The first-order valence-corrected chi connectivity index (χ1v) is 5.90. The summed E-state index contributed by atoms with van der Waals surface area (Å²) in [7, 11) is 1.85. The number of amides is 1. The van der Waals surface area contributed by atoms with Crippen LogP contribution in [0.15, 0.2) is 24.3 Å². The normalized spacial score (nSPS) is 24.4. The van der Waals surface area contributed by atoms with Gasteiger partial charge < -0.3 is 4.90 Å². The highest BCUT2D eigenvalue weighted by atomic mass is 16.2. The van der Waals surface area contributed by atoms with E-state index in [2.05, 4.69) is 5.32 Å². The predicted molar refractivity (Wildman–Crippen MR) is 63.4 cm³/mol. The molecule has 1 aliphatic carbocycles. The van der Waals surface area contributed by atoms with E-state index in [1.807, 2.05) is 31.3 Å². The van der Waals surface area contributed by atoms with E-state index in [1.165, 1.54) is 19.3 Å². The van der Waals surface area contributed by atoms with Crippen molar-refractivity contribution in [2.45, 2.75) is 31.3 Å². The molecule has 1 aromatic rings. The number of benzene rings is 1. The Balaban J connectivity index is 1.90. The van der Waals surface area contributed by atoms with E-state index in [4.69, 9.17) is 0 Å². The summed E-state index contributed by atoms with van der Waals surface area (Å²) in [4.78, 5) is 13.9. The fourth-order valence-electron chi connectivity index (χ4n) is 2.45. The molecule has 3 heteroatoms. The van der Waals surface area contributed by atoms with Crippen LogP contribution in [0.4, 0.5) is 5.69 Å². The van der Waals surface area contributed by atoms with Crippen molar-refractivity contribution in [1.82, 2.24) is 5.32 Å². The fraction of sp³-hybridized carbons (Fsp3) is 0.462. The van der Waals surface area contributed by atoms with Crippen molar-refractivity contribution in [2.75, 3.05) is 11.9 Å². The van der Waals surface area contributed by atoms with Gasteiger partial charge in [-0.2, -0.15) is 0 Å². The molecular formula is C13H16N2O. The zero-order chi connectivity index (χ0) is 11.1. The predicted octanol–water partition coefficient (Wildman–Crippen LogP) is 1.85. The molecular weight excluding hydrogens is 200 g/mol. The first-order chi connectivity index (χ1) is 7.77. The summed E-state index contributed by atoms with van der Waals surface area (Å²) in [5.74, 6) is 0.174. The second-order valence-corrected chi connectivity index (χ2v) is 4.68. The van der Waals surface area contributed by atoms with Gasteiger partial charge in [0.1, 0.15) is 6.04 Å². The van der Waals surface area contributed by atoms with Crippen molar-refractivity contribution in [3.63, 3.8) is 0 Å². The third-order valence-electron chi connectivity index (χ3n) is 3.69. The number of likely N-dealkylation sites (N-methyl/N-ethyl adjacent to an activating group) is 1. The van der Waals surface area contributed by atoms with Gasteiger partial charge in [-0.05, 0) is 18.9 Å². The summed E-state index contributed by atoms with van der Waals surface area (Å²) < 4.78 is 0. The molecule has 0 bridgehead atoms. The molecule has 84 valence electrons. The van der Waals surface area contributed by atoms with Crippen LogP contribution in [-0.4, -0.2) is 19.0 Å². The van der Waals surface area contributed by atoms with Gasteiger partial charge in [0.25, 0.3) is 0 Å². The molecule has 1 fully saturated rings. The smallest absolute Gasteiger partial charge is 0.248 e. The minimum Gasteiger partial charge on any atom is -0.313 e. The van der Waals surface area contributed by atoms with Crippen molar-refractivity contribution in [1.29, 1.82) is 0 Å². The number of fused-ring (bicyclic) bond motifs is 1. The molecule has 1 atom stereocenters. The van der Waals surface area contributed by atoms with Gasteiger partial charge in [-0.1, -0.05) is 24.6 Å². The first-order valence-electron chi connectivity index (χ1n) is 5.90. The van der Waals surface area contributed by atoms with Gasteiger partial charge in [0.2, 0.25) is 5.91 Å². The first kappa shape index (κ1) is 9.85. The molecule has 1 aliphatic heterocycles. The summed E-state index contributed by atoms with van der Waals surface area (Å²) in [5, 5.41) is 3.46. The van der Waals surface area contributed by atoms with Crippen LogP contribution in [0.5, 0.6) is 0 Å². The standard InChI is InChI=1S/C13H16N2O/c1-15-11-8-3-2-7-10(11)12(13(15)16)14-9-5-4-6-9/h2-3,7-9,12,14H,4-6H2,1H3. The van der Waals surface area contributed by atoms with E-state index in [0.29, 0.717) is 6.04 Å². The van der Waals surface area contributed by atoms with Crippen LogP contribution in [0.2, 0.25) is 0 Å². The molecule has 0 saturated heterocycles. The maximum Gasteiger partial charge on any atom is 0.248 e. The van der Waals surface area contributed by atoms with E-state index >= 15 is 0 Å². The Kier molecular flexibility index (Phi) is 2.21. The number of carbonyl (C=O) groups is 1. The molecule has 2 aliphatic rings. The van der Waals surface area contributed by atoms with Gasteiger partial charge >= 0.3 is 0 Å². The van der Waals surface area contributed by atoms with Crippen molar-refractivity contribution < 1.29 is 4.79 Å². The van der Waals surface area contributed by atoms with Gasteiger partial charge in [-0.15, -0.1) is 0 Å². The molecule has 1 amide bonds. The van der Waals surface area contributed by atoms with E-state index in [-0.39, 0.29) is 11.9 Å². The summed E-state index contributed by atoms with van der Waals surface area (Å²) in [6, 6.07) is 8.46. The molecule has 0 spiro atoms. The van der Waals surface area contributed by atoms with Gasteiger partial charge in [0.05, 0.1) is 0 Å². The topological polar surface area (TPSA) is 32.3 Å². The molecule has 1 heterocycles. The lowest BCUT2D eigenvalue weighted by atomic mass is 9.91.